The number of aromatic amines is 1. The number of carbonyl (C=O) groups excluding carboxylic acids is 4. The third kappa shape index (κ3) is 4.57. The molecule has 0 fully saturated rings. The summed E-state index contributed by atoms with van der Waals surface area (Å²) in [5.41, 5.74) is 3.67. The first-order valence-corrected chi connectivity index (χ1v) is 10.5. The van der Waals surface area contributed by atoms with Crippen molar-refractivity contribution in [3.63, 3.8) is 0 Å². The van der Waals surface area contributed by atoms with Crippen LogP contribution in [0.3, 0.4) is 0 Å². The first kappa shape index (κ1) is 22.1. The summed E-state index contributed by atoms with van der Waals surface area (Å²) in [5.74, 6) is -1.99. The Hall–Kier alpha value is -4.14. The monoisotopic (exact) mass is 448 g/mol. The SMILES string of the molecule is CC(C)(C)OC(=O)N[C@@H](Cc1c[nH]c2ccccc12)C(=O)NN1C(=O)c2ccccc2C1=O. The fourth-order valence-corrected chi connectivity index (χ4v) is 3.66. The Labute approximate surface area is 190 Å². The van der Waals surface area contributed by atoms with Crippen LogP contribution in [0.5, 0.6) is 0 Å². The van der Waals surface area contributed by atoms with Gasteiger partial charge >= 0.3 is 6.09 Å². The minimum absolute atomic E-state index is 0.109. The van der Waals surface area contributed by atoms with Gasteiger partial charge in [-0.3, -0.25) is 19.8 Å². The number of hydrogen-bond donors (Lipinski definition) is 3. The molecule has 0 unspecified atom stereocenters. The molecule has 0 spiro atoms. The van der Waals surface area contributed by atoms with E-state index in [2.05, 4.69) is 15.7 Å². The van der Waals surface area contributed by atoms with Crippen molar-refractivity contribution in [2.75, 3.05) is 0 Å². The van der Waals surface area contributed by atoms with Crippen LogP contribution in [0.25, 0.3) is 10.9 Å². The molecule has 0 aliphatic carbocycles. The van der Waals surface area contributed by atoms with Crippen LogP contribution >= 0.6 is 0 Å². The van der Waals surface area contributed by atoms with Crippen molar-refractivity contribution in [3.05, 3.63) is 71.4 Å². The number of hydrogen-bond acceptors (Lipinski definition) is 5. The normalized spacial score (nSPS) is 14.2. The lowest BCUT2D eigenvalue weighted by Gasteiger charge is -2.24. The van der Waals surface area contributed by atoms with Crippen molar-refractivity contribution in [1.29, 1.82) is 0 Å². The zero-order valence-electron chi connectivity index (χ0n) is 18.5. The van der Waals surface area contributed by atoms with Crippen LogP contribution in [0.1, 0.15) is 47.1 Å². The minimum atomic E-state index is -1.11. The smallest absolute Gasteiger partial charge is 0.408 e. The van der Waals surface area contributed by atoms with Gasteiger partial charge in [0.15, 0.2) is 0 Å². The van der Waals surface area contributed by atoms with Gasteiger partial charge in [0.25, 0.3) is 17.7 Å². The number of imide groups is 1. The molecule has 33 heavy (non-hydrogen) atoms. The Morgan fingerprint density at radius 2 is 1.61 bits per heavy atom. The fraction of sp³-hybridized carbons (Fsp3) is 0.250. The van der Waals surface area contributed by atoms with E-state index in [1.807, 2.05) is 24.3 Å². The highest BCUT2D eigenvalue weighted by atomic mass is 16.6. The lowest BCUT2D eigenvalue weighted by atomic mass is 10.0. The highest BCUT2D eigenvalue weighted by Gasteiger charge is 2.38. The first-order valence-electron chi connectivity index (χ1n) is 10.5. The van der Waals surface area contributed by atoms with Crippen molar-refractivity contribution in [2.24, 2.45) is 0 Å². The molecule has 2 aromatic carbocycles. The second-order valence-corrected chi connectivity index (χ2v) is 8.73. The number of ether oxygens (including phenoxy) is 1. The number of amides is 4. The molecule has 3 N–H and O–H groups in total. The average molecular weight is 448 g/mol. The molecule has 0 radical (unpaired) electrons. The number of nitrogens with one attached hydrogen (secondary N) is 3. The Kier molecular flexibility index (Phi) is 5.63. The fourth-order valence-electron chi connectivity index (χ4n) is 3.66. The van der Waals surface area contributed by atoms with Gasteiger partial charge in [0.05, 0.1) is 11.1 Å². The predicted octanol–water partition coefficient (Wildman–Crippen LogP) is 2.93. The molecule has 4 rings (SSSR count). The molecular formula is C24H24N4O5. The molecular weight excluding hydrogens is 424 g/mol. The topological polar surface area (TPSA) is 121 Å². The van der Waals surface area contributed by atoms with Crippen LogP contribution in [0.4, 0.5) is 4.79 Å². The Morgan fingerprint density at radius 3 is 2.24 bits per heavy atom. The summed E-state index contributed by atoms with van der Waals surface area (Å²) in [6.07, 6.45) is 1.08. The molecule has 0 saturated carbocycles. The number of carbonyl (C=O) groups is 4. The van der Waals surface area contributed by atoms with Gasteiger partial charge in [-0.25, -0.2) is 4.79 Å². The van der Waals surface area contributed by atoms with Crippen LogP contribution in [0, 0.1) is 0 Å². The number of nitrogens with zero attached hydrogens (tertiary/aromatic N) is 1. The number of hydrazine groups is 1. The van der Waals surface area contributed by atoms with Gasteiger partial charge in [0.1, 0.15) is 11.6 Å². The molecule has 2 heterocycles. The van der Waals surface area contributed by atoms with Crippen LogP contribution in [0.15, 0.2) is 54.7 Å². The highest BCUT2D eigenvalue weighted by Crippen LogP contribution is 2.22. The largest absolute Gasteiger partial charge is 0.444 e. The Bertz CT molecular complexity index is 1220. The zero-order chi connectivity index (χ0) is 23.8. The van der Waals surface area contributed by atoms with E-state index in [4.69, 9.17) is 4.74 Å². The third-order valence-electron chi connectivity index (χ3n) is 5.12. The van der Waals surface area contributed by atoms with Crippen molar-refractivity contribution in [3.8, 4) is 0 Å². The minimum Gasteiger partial charge on any atom is -0.444 e. The quantitative estimate of drug-likeness (QED) is 0.519. The van der Waals surface area contributed by atoms with E-state index in [0.29, 0.717) is 5.01 Å². The zero-order valence-corrected chi connectivity index (χ0v) is 18.5. The molecule has 1 aliphatic rings. The molecule has 1 atom stereocenters. The van der Waals surface area contributed by atoms with Crippen LogP contribution in [-0.4, -0.2) is 45.5 Å². The van der Waals surface area contributed by atoms with Gasteiger partial charge in [-0.15, -0.1) is 0 Å². The van der Waals surface area contributed by atoms with Crippen LogP contribution in [0.2, 0.25) is 0 Å². The van der Waals surface area contributed by atoms with Crippen molar-refractivity contribution in [2.45, 2.75) is 38.8 Å². The average Bonchev–Trinajstić information content (AvgIpc) is 3.27. The standard InChI is InChI=1S/C24H24N4O5/c1-24(2,3)33-23(32)26-19(12-14-13-25-18-11-7-6-8-15(14)18)20(29)27-28-21(30)16-9-4-5-10-17(16)22(28)31/h4-11,13,19,25H,12H2,1-3H3,(H,26,32)(H,27,29)/t19-/m0/s1. The molecule has 0 saturated heterocycles. The maximum absolute atomic E-state index is 13.2. The van der Waals surface area contributed by atoms with Crippen LogP contribution in [-0.2, 0) is 16.0 Å². The summed E-state index contributed by atoms with van der Waals surface area (Å²) in [6, 6.07) is 12.8. The number of para-hydroxylation sites is 1. The second kappa shape index (κ2) is 8.42. The first-order chi connectivity index (χ1) is 15.6. The van der Waals surface area contributed by atoms with E-state index in [0.717, 1.165) is 16.5 Å². The number of alkyl carbamates (subject to hydrolysis) is 1. The maximum atomic E-state index is 13.2. The molecule has 170 valence electrons. The van der Waals surface area contributed by atoms with Gasteiger partial charge < -0.3 is 15.0 Å². The third-order valence-corrected chi connectivity index (χ3v) is 5.12. The number of aromatic nitrogens is 1. The summed E-state index contributed by atoms with van der Waals surface area (Å²) in [7, 11) is 0. The summed E-state index contributed by atoms with van der Waals surface area (Å²) < 4.78 is 5.30. The Morgan fingerprint density at radius 1 is 1.00 bits per heavy atom. The maximum Gasteiger partial charge on any atom is 0.408 e. The Balaban J connectivity index is 1.57. The van der Waals surface area contributed by atoms with Gasteiger partial charge in [0, 0.05) is 23.5 Å². The number of fused-ring (bicyclic) bond motifs is 2. The van der Waals surface area contributed by atoms with Crippen molar-refractivity contribution >= 4 is 34.7 Å². The van der Waals surface area contributed by atoms with Crippen molar-refractivity contribution in [1.82, 2.24) is 20.7 Å². The van der Waals surface area contributed by atoms with Gasteiger partial charge in [-0.2, -0.15) is 5.01 Å². The molecule has 3 aromatic rings. The van der Waals surface area contributed by atoms with Gasteiger partial charge in [0.2, 0.25) is 0 Å². The summed E-state index contributed by atoms with van der Waals surface area (Å²) >= 11 is 0. The summed E-state index contributed by atoms with van der Waals surface area (Å²) in [5, 5.41) is 4.13. The molecule has 1 aliphatic heterocycles. The van der Waals surface area contributed by atoms with E-state index >= 15 is 0 Å². The van der Waals surface area contributed by atoms with E-state index < -0.39 is 35.5 Å². The van der Waals surface area contributed by atoms with E-state index in [1.165, 1.54) is 12.1 Å². The van der Waals surface area contributed by atoms with E-state index in [1.54, 1.807) is 39.1 Å². The lowest BCUT2D eigenvalue weighted by molar-refractivity contribution is -0.126. The molecule has 9 nitrogen and oxygen atoms in total. The lowest BCUT2D eigenvalue weighted by Crippen LogP contribution is -2.55. The second-order valence-electron chi connectivity index (χ2n) is 8.73. The summed E-state index contributed by atoms with van der Waals surface area (Å²) in [4.78, 5) is 54.0. The highest BCUT2D eigenvalue weighted by molar-refractivity contribution is 6.21. The van der Waals surface area contributed by atoms with Crippen molar-refractivity contribution < 1.29 is 23.9 Å². The van der Waals surface area contributed by atoms with Gasteiger partial charge in [-0.1, -0.05) is 30.3 Å². The molecule has 9 heteroatoms. The molecule has 0 bridgehead atoms. The molecule has 1 aromatic heterocycles. The predicted molar refractivity (Wildman–Crippen MR) is 120 cm³/mol. The van der Waals surface area contributed by atoms with E-state index in [-0.39, 0.29) is 17.5 Å². The summed E-state index contributed by atoms with van der Waals surface area (Å²) in [6.45, 7) is 5.13. The van der Waals surface area contributed by atoms with E-state index in [9.17, 15) is 19.2 Å². The number of benzene rings is 2. The molecule has 4 amide bonds. The number of H-pyrrole nitrogens is 1. The van der Waals surface area contributed by atoms with Crippen LogP contribution < -0.4 is 10.7 Å². The number of rotatable bonds is 5. The van der Waals surface area contributed by atoms with Gasteiger partial charge in [-0.05, 0) is 44.5 Å².